The molecule has 2 aromatic heterocycles. The molecule has 0 radical (unpaired) electrons. The Bertz CT molecular complexity index is 1050. The van der Waals surface area contributed by atoms with E-state index in [-0.39, 0.29) is 5.91 Å². The highest BCUT2D eigenvalue weighted by Crippen LogP contribution is 2.27. The number of aromatic nitrogens is 3. The molecule has 0 aliphatic carbocycles. The van der Waals surface area contributed by atoms with E-state index < -0.39 is 0 Å². The van der Waals surface area contributed by atoms with Gasteiger partial charge < -0.3 is 15.1 Å². The molecule has 164 valence electrons. The first-order chi connectivity index (χ1) is 15.7. The van der Waals surface area contributed by atoms with Crippen molar-refractivity contribution in [3.63, 3.8) is 0 Å². The van der Waals surface area contributed by atoms with Gasteiger partial charge in [0, 0.05) is 26.1 Å². The first-order valence-corrected chi connectivity index (χ1v) is 11.0. The normalized spacial score (nSPS) is 15.3. The van der Waals surface area contributed by atoms with E-state index >= 15 is 0 Å². The lowest BCUT2D eigenvalue weighted by molar-refractivity contribution is -0.117. The summed E-state index contributed by atoms with van der Waals surface area (Å²) in [5.74, 6) is 1.30. The summed E-state index contributed by atoms with van der Waals surface area (Å²) in [6, 6.07) is 13.9. The Morgan fingerprint density at radius 3 is 2.41 bits per heavy atom. The van der Waals surface area contributed by atoms with Crippen molar-refractivity contribution < 1.29 is 4.79 Å². The summed E-state index contributed by atoms with van der Waals surface area (Å²) < 4.78 is 0. The minimum absolute atomic E-state index is 0.132. The Labute approximate surface area is 192 Å². The van der Waals surface area contributed by atoms with Gasteiger partial charge in [0.15, 0.2) is 5.82 Å². The van der Waals surface area contributed by atoms with Gasteiger partial charge in [0.25, 0.3) is 0 Å². The third-order valence-corrected chi connectivity index (χ3v) is 5.38. The second-order valence-corrected chi connectivity index (χ2v) is 7.84. The van der Waals surface area contributed by atoms with Crippen molar-refractivity contribution in [3.05, 3.63) is 78.2 Å². The second kappa shape index (κ2) is 10.7. The number of pyridine rings is 1. The van der Waals surface area contributed by atoms with Gasteiger partial charge in [-0.15, -0.1) is 0 Å². The fraction of sp³-hybridized carbons (Fsp3) is 0.250. The lowest BCUT2D eigenvalue weighted by atomic mass is 10.2. The maximum Gasteiger partial charge on any atom is 0.229 e. The average molecular weight is 449 g/mol. The molecule has 8 heteroatoms. The molecule has 2 aliphatic rings. The van der Waals surface area contributed by atoms with Gasteiger partial charge in [-0.1, -0.05) is 60.2 Å². The van der Waals surface area contributed by atoms with Crippen LogP contribution < -0.4 is 15.1 Å². The Kier molecular flexibility index (Phi) is 7.30. The summed E-state index contributed by atoms with van der Waals surface area (Å²) in [6.45, 7) is 2.39. The van der Waals surface area contributed by atoms with Gasteiger partial charge in [-0.2, -0.15) is 4.98 Å². The Hall–Kier alpha value is -3.45. The summed E-state index contributed by atoms with van der Waals surface area (Å²) in [5.41, 5.74) is 1.52. The molecular weight excluding hydrogens is 424 g/mol. The number of nitrogens with one attached hydrogen (secondary N) is 1. The molecule has 32 heavy (non-hydrogen) atoms. The van der Waals surface area contributed by atoms with Crippen molar-refractivity contribution in [1.29, 1.82) is 0 Å². The molecular formula is C24H25ClN6O. The fourth-order valence-electron chi connectivity index (χ4n) is 3.55. The predicted octanol–water partition coefficient (Wildman–Crippen LogP) is 4.85. The lowest BCUT2D eigenvalue weighted by Gasteiger charge is -2.25. The summed E-state index contributed by atoms with van der Waals surface area (Å²) in [5, 5.41) is 3.69. The number of carbonyl (C=O) groups is 1. The zero-order valence-corrected chi connectivity index (χ0v) is 18.4. The van der Waals surface area contributed by atoms with Gasteiger partial charge in [-0.05, 0) is 18.9 Å². The molecule has 0 saturated carbocycles. The van der Waals surface area contributed by atoms with Crippen molar-refractivity contribution in [2.75, 3.05) is 34.8 Å². The smallest absolute Gasteiger partial charge is 0.229 e. The molecule has 7 nitrogen and oxygen atoms in total. The second-order valence-electron chi connectivity index (χ2n) is 7.43. The molecule has 1 fully saturated rings. The summed E-state index contributed by atoms with van der Waals surface area (Å²) in [4.78, 5) is 28.9. The van der Waals surface area contributed by atoms with Gasteiger partial charge in [0.2, 0.25) is 11.9 Å². The largest absolute Gasteiger partial charge is 0.351 e. The zero-order valence-electron chi connectivity index (χ0n) is 17.7. The van der Waals surface area contributed by atoms with E-state index in [2.05, 4.69) is 37.3 Å². The van der Waals surface area contributed by atoms with Crippen molar-refractivity contribution in [2.45, 2.75) is 19.3 Å². The molecule has 4 heterocycles. The zero-order chi connectivity index (χ0) is 22.2. The summed E-state index contributed by atoms with van der Waals surface area (Å²) in [7, 11) is 0. The van der Waals surface area contributed by atoms with E-state index in [1.54, 1.807) is 23.5 Å². The Morgan fingerprint density at radius 1 is 0.969 bits per heavy atom. The first kappa shape index (κ1) is 21.8. The summed E-state index contributed by atoms with van der Waals surface area (Å²) >= 11 is 6.28. The molecule has 1 saturated heterocycles. The van der Waals surface area contributed by atoms with Gasteiger partial charge in [-0.3, -0.25) is 9.78 Å². The monoisotopic (exact) mass is 448 g/mol. The van der Waals surface area contributed by atoms with Crippen LogP contribution >= 0.6 is 11.6 Å². The molecule has 3 aromatic rings. The van der Waals surface area contributed by atoms with Crippen molar-refractivity contribution in [2.24, 2.45) is 0 Å². The molecule has 0 atom stereocenters. The number of benzene rings is 1. The van der Waals surface area contributed by atoms with Crippen LogP contribution in [0.2, 0.25) is 5.02 Å². The molecule has 5 rings (SSSR count). The quantitative estimate of drug-likeness (QED) is 0.575. The Balaban J connectivity index is 0.000000354. The summed E-state index contributed by atoms with van der Waals surface area (Å²) in [6.07, 6.45) is 11.7. The fourth-order valence-corrected chi connectivity index (χ4v) is 3.76. The van der Waals surface area contributed by atoms with Crippen LogP contribution in [0.25, 0.3) is 0 Å². The van der Waals surface area contributed by atoms with E-state index in [1.165, 1.54) is 0 Å². The van der Waals surface area contributed by atoms with Crippen LogP contribution in [0.1, 0.15) is 19.3 Å². The standard InChI is InChI=1S/C18H19ClN6O.C6H6/c19-15-12-21-18(23-17(15)24-6-2-1-3-7-24)22-13-9-14(11-20-10-13)25-8-4-5-16(25)26;1-2-4-6-5-3-1/h1-2,9-12H,3-8H2,(H,21,22,23);1-6H. The van der Waals surface area contributed by atoms with E-state index in [4.69, 9.17) is 11.6 Å². The molecule has 1 aromatic carbocycles. The van der Waals surface area contributed by atoms with Crippen molar-refractivity contribution >= 4 is 40.6 Å². The Morgan fingerprint density at radius 2 is 1.75 bits per heavy atom. The van der Waals surface area contributed by atoms with E-state index in [0.29, 0.717) is 23.2 Å². The third-order valence-electron chi connectivity index (χ3n) is 5.11. The first-order valence-electron chi connectivity index (χ1n) is 10.7. The number of anilines is 4. The van der Waals surface area contributed by atoms with Gasteiger partial charge >= 0.3 is 0 Å². The number of hydrogen-bond donors (Lipinski definition) is 1. The highest BCUT2D eigenvalue weighted by Gasteiger charge is 2.22. The lowest BCUT2D eigenvalue weighted by Crippen LogP contribution is -2.28. The van der Waals surface area contributed by atoms with Crippen LogP contribution in [-0.4, -0.2) is 40.5 Å². The molecule has 1 N–H and O–H groups in total. The number of rotatable bonds is 4. The average Bonchev–Trinajstić information content (AvgIpc) is 3.28. The minimum atomic E-state index is 0.132. The molecule has 1 amide bonds. The van der Waals surface area contributed by atoms with E-state index in [1.807, 2.05) is 42.5 Å². The number of carbonyl (C=O) groups excluding carboxylic acids is 1. The SMILES string of the molecule is O=C1CCCN1c1cncc(Nc2ncc(Cl)c(N3CC=CCC3)n2)c1.c1ccccc1. The van der Waals surface area contributed by atoms with Crippen LogP contribution in [0.15, 0.2) is 73.2 Å². The van der Waals surface area contributed by atoms with Gasteiger partial charge in [0.1, 0.15) is 5.02 Å². The topological polar surface area (TPSA) is 74.2 Å². The highest BCUT2D eigenvalue weighted by atomic mass is 35.5. The van der Waals surface area contributed by atoms with E-state index in [0.717, 1.165) is 43.9 Å². The number of hydrogen-bond acceptors (Lipinski definition) is 6. The highest BCUT2D eigenvalue weighted by molar-refractivity contribution is 6.32. The molecule has 0 unspecified atom stereocenters. The van der Waals surface area contributed by atoms with E-state index in [9.17, 15) is 4.79 Å². The molecule has 0 bridgehead atoms. The van der Waals surface area contributed by atoms with Crippen molar-refractivity contribution in [1.82, 2.24) is 15.0 Å². The molecule has 2 aliphatic heterocycles. The maximum atomic E-state index is 11.9. The van der Waals surface area contributed by atoms with Crippen molar-refractivity contribution in [3.8, 4) is 0 Å². The van der Waals surface area contributed by atoms with Gasteiger partial charge in [0.05, 0.1) is 30.0 Å². The van der Waals surface area contributed by atoms with Crippen LogP contribution in [-0.2, 0) is 4.79 Å². The minimum Gasteiger partial charge on any atom is -0.351 e. The number of nitrogens with zero attached hydrogens (tertiary/aromatic N) is 5. The van der Waals surface area contributed by atoms with Crippen LogP contribution in [0.4, 0.5) is 23.1 Å². The van der Waals surface area contributed by atoms with Gasteiger partial charge in [-0.25, -0.2) is 4.98 Å². The molecule has 0 spiro atoms. The number of halogens is 1. The van der Waals surface area contributed by atoms with Crippen LogP contribution in [0, 0.1) is 0 Å². The van der Waals surface area contributed by atoms with Crippen LogP contribution in [0.5, 0.6) is 0 Å². The maximum absolute atomic E-state index is 11.9. The predicted molar refractivity (Wildman–Crippen MR) is 129 cm³/mol. The van der Waals surface area contributed by atoms with Crippen LogP contribution in [0.3, 0.4) is 0 Å². The number of amides is 1. The third kappa shape index (κ3) is 5.62.